The largest absolute Gasteiger partial charge is 0.304 e. The van der Waals surface area contributed by atoms with Crippen molar-refractivity contribution in [2.45, 2.75) is 28.9 Å². The van der Waals surface area contributed by atoms with Crippen LogP contribution in [0.5, 0.6) is 0 Å². The Morgan fingerprint density at radius 3 is 2.94 bits per heavy atom. The average Bonchev–Trinajstić information content (AvgIpc) is 2.57. The van der Waals surface area contributed by atoms with Crippen molar-refractivity contribution >= 4 is 23.4 Å². The van der Waals surface area contributed by atoms with E-state index >= 15 is 0 Å². The van der Waals surface area contributed by atoms with Crippen molar-refractivity contribution in [2.24, 2.45) is 0 Å². The van der Waals surface area contributed by atoms with Crippen molar-refractivity contribution in [1.29, 1.82) is 0 Å². The Kier molecular flexibility index (Phi) is 4.17. The summed E-state index contributed by atoms with van der Waals surface area (Å²) in [5, 5.41) is 0.927. The molecule has 0 amide bonds. The predicted octanol–water partition coefficient (Wildman–Crippen LogP) is 3.26. The van der Waals surface area contributed by atoms with E-state index in [2.05, 4.69) is 43.1 Å². The zero-order chi connectivity index (χ0) is 11.5. The lowest BCUT2D eigenvalue weighted by Crippen LogP contribution is -2.31. The van der Waals surface area contributed by atoms with Gasteiger partial charge in [0.2, 0.25) is 0 Å². The summed E-state index contributed by atoms with van der Waals surface area (Å²) in [5.41, 5.74) is 1.50. The van der Waals surface area contributed by atoms with Crippen LogP contribution in [0.25, 0.3) is 0 Å². The molecule has 0 aromatic heterocycles. The lowest BCUT2D eigenvalue weighted by molar-refractivity contribution is 0.338. The molecule has 1 aliphatic rings. The van der Waals surface area contributed by atoms with Crippen LogP contribution in [0, 0.1) is 0 Å². The lowest BCUT2D eigenvalue weighted by Gasteiger charge is -2.21. The highest BCUT2D eigenvalue weighted by atomic mass is 35.5. The van der Waals surface area contributed by atoms with E-state index in [9.17, 15) is 0 Å². The lowest BCUT2D eigenvalue weighted by atomic mass is 10.1. The van der Waals surface area contributed by atoms with Gasteiger partial charge < -0.3 is 4.90 Å². The molecule has 88 valence electrons. The fourth-order valence-corrected chi connectivity index (χ4v) is 3.85. The topological polar surface area (TPSA) is 3.24 Å². The monoisotopic (exact) mass is 255 g/mol. The first-order chi connectivity index (χ1) is 7.65. The van der Waals surface area contributed by atoms with Gasteiger partial charge in [-0.2, -0.15) is 0 Å². The number of rotatable bonds is 4. The van der Waals surface area contributed by atoms with Gasteiger partial charge >= 0.3 is 0 Å². The van der Waals surface area contributed by atoms with Crippen LogP contribution >= 0.6 is 23.4 Å². The number of alkyl halides is 1. The zero-order valence-electron chi connectivity index (χ0n) is 9.82. The standard InChI is InChI=1S/C13H18ClNS/c1-10(14)8-15(2)9-12-7-11-5-3-4-6-13(11)16-12/h3-6,10,12H,7-9H2,1-2H3. The van der Waals surface area contributed by atoms with Gasteiger partial charge in [-0.25, -0.2) is 0 Å². The second-order valence-corrected chi connectivity index (χ2v) is 6.64. The normalized spacial score (nSPS) is 21.1. The van der Waals surface area contributed by atoms with Gasteiger partial charge in [-0.05, 0) is 32.0 Å². The highest BCUT2D eigenvalue weighted by molar-refractivity contribution is 8.00. The average molecular weight is 256 g/mol. The first-order valence-electron chi connectivity index (χ1n) is 5.72. The third kappa shape index (κ3) is 3.16. The van der Waals surface area contributed by atoms with Crippen molar-refractivity contribution in [1.82, 2.24) is 4.90 Å². The van der Waals surface area contributed by atoms with E-state index in [0.717, 1.165) is 13.1 Å². The van der Waals surface area contributed by atoms with E-state index in [4.69, 9.17) is 11.6 Å². The Hall–Kier alpha value is -0.180. The molecular formula is C13H18ClNS. The molecule has 0 aliphatic carbocycles. The van der Waals surface area contributed by atoms with Gasteiger partial charge in [0.05, 0.1) is 0 Å². The van der Waals surface area contributed by atoms with Gasteiger partial charge in [0.15, 0.2) is 0 Å². The first-order valence-corrected chi connectivity index (χ1v) is 7.04. The third-order valence-electron chi connectivity index (χ3n) is 2.79. The van der Waals surface area contributed by atoms with Gasteiger partial charge in [-0.15, -0.1) is 23.4 Å². The Morgan fingerprint density at radius 2 is 2.25 bits per heavy atom. The molecule has 0 saturated heterocycles. The van der Waals surface area contributed by atoms with Crippen LogP contribution < -0.4 is 0 Å². The summed E-state index contributed by atoms with van der Waals surface area (Å²) in [6.45, 7) is 4.14. The number of halogens is 1. The van der Waals surface area contributed by atoms with Crippen molar-refractivity contribution in [3.8, 4) is 0 Å². The van der Waals surface area contributed by atoms with E-state index in [1.807, 2.05) is 11.8 Å². The molecule has 3 heteroatoms. The summed E-state index contributed by atoms with van der Waals surface area (Å²) in [4.78, 5) is 3.79. The van der Waals surface area contributed by atoms with Crippen LogP contribution in [0.4, 0.5) is 0 Å². The molecule has 0 fully saturated rings. The summed E-state index contributed by atoms with van der Waals surface area (Å²) < 4.78 is 0. The minimum atomic E-state index is 0.235. The number of thioether (sulfide) groups is 1. The summed E-state index contributed by atoms with van der Waals surface area (Å²) >= 11 is 8.01. The molecule has 0 radical (unpaired) electrons. The second kappa shape index (κ2) is 5.44. The Morgan fingerprint density at radius 1 is 1.50 bits per heavy atom. The number of hydrogen-bond acceptors (Lipinski definition) is 2. The maximum absolute atomic E-state index is 6.00. The first kappa shape index (κ1) is 12.3. The number of benzene rings is 1. The maximum Gasteiger partial charge on any atom is 0.0434 e. The van der Waals surface area contributed by atoms with Gasteiger partial charge in [-0.1, -0.05) is 18.2 Å². The van der Waals surface area contributed by atoms with E-state index in [1.54, 1.807) is 0 Å². The Bertz CT molecular complexity index is 329. The van der Waals surface area contributed by atoms with Crippen molar-refractivity contribution < 1.29 is 0 Å². The summed E-state index contributed by atoms with van der Waals surface area (Å²) in [5.74, 6) is 0. The summed E-state index contributed by atoms with van der Waals surface area (Å²) in [6.07, 6.45) is 1.20. The molecular weight excluding hydrogens is 238 g/mol. The Balaban J connectivity index is 1.87. The Labute approximate surface area is 107 Å². The summed E-state index contributed by atoms with van der Waals surface area (Å²) in [7, 11) is 2.16. The minimum Gasteiger partial charge on any atom is -0.304 e. The maximum atomic E-state index is 6.00. The molecule has 1 aromatic carbocycles. The van der Waals surface area contributed by atoms with Crippen molar-refractivity contribution in [2.75, 3.05) is 20.1 Å². The van der Waals surface area contributed by atoms with Crippen LogP contribution in [0.3, 0.4) is 0 Å². The van der Waals surface area contributed by atoms with Crippen molar-refractivity contribution in [3.63, 3.8) is 0 Å². The fourth-order valence-electron chi connectivity index (χ4n) is 2.21. The fraction of sp³-hybridized carbons (Fsp3) is 0.538. The van der Waals surface area contributed by atoms with E-state index in [1.165, 1.54) is 16.9 Å². The molecule has 2 rings (SSSR count). The van der Waals surface area contributed by atoms with Gasteiger partial charge in [0.1, 0.15) is 0 Å². The molecule has 1 aromatic rings. The van der Waals surface area contributed by atoms with Crippen LogP contribution in [0.15, 0.2) is 29.2 Å². The summed E-state index contributed by atoms with van der Waals surface area (Å²) in [6, 6.07) is 8.72. The van der Waals surface area contributed by atoms with Gasteiger partial charge in [0.25, 0.3) is 0 Å². The molecule has 16 heavy (non-hydrogen) atoms. The molecule has 0 N–H and O–H groups in total. The van der Waals surface area contributed by atoms with E-state index < -0.39 is 0 Å². The minimum absolute atomic E-state index is 0.235. The molecule has 0 bridgehead atoms. The number of nitrogens with zero attached hydrogens (tertiary/aromatic N) is 1. The molecule has 1 aliphatic heterocycles. The van der Waals surface area contributed by atoms with E-state index in [-0.39, 0.29) is 5.38 Å². The molecule has 1 heterocycles. The van der Waals surface area contributed by atoms with Crippen molar-refractivity contribution in [3.05, 3.63) is 29.8 Å². The zero-order valence-corrected chi connectivity index (χ0v) is 11.4. The smallest absolute Gasteiger partial charge is 0.0434 e. The predicted molar refractivity (Wildman–Crippen MR) is 72.6 cm³/mol. The molecule has 2 unspecified atom stereocenters. The van der Waals surface area contributed by atoms with Crippen LogP contribution in [0.2, 0.25) is 0 Å². The highest BCUT2D eigenvalue weighted by Crippen LogP contribution is 2.36. The quantitative estimate of drug-likeness (QED) is 0.760. The molecule has 1 nitrogen and oxygen atoms in total. The second-order valence-electron chi connectivity index (χ2n) is 4.55. The number of fused-ring (bicyclic) bond motifs is 1. The van der Waals surface area contributed by atoms with Crippen LogP contribution in [-0.2, 0) is 6.42 Å². The van der Waals surface area contributed by atoms with E-state index in [0.29, 0.717) is 5.25 Å². The molecule has 0 spiro atoms. The third-order valence-corrected chi connectivity index (χ3v) is 4.23. The van der Waals surface area contributed by atoms with Gasteiger partial charge in [-0.3, -0.25) is 0 Å². The number of hydrogen-bond donors (Lipinski definition) is 0. The SMILES string of the molecule is CC(Cl)CN(C)CC1Cc2ccccc2S1. The highest BCUT2D eigenvalue weighted by Gasteiger charge is 2.22. The van der Waals surface area contributed by atoms with Gasteiger partial charge in [0, 0.05) is 28.6 Å². The molecule has 0 saturated carbocycles. The van der Waals surface area contributed by atoms with Crippen LogP contribution in [0.1, 0.15) is 12.5 Å². The van der Waals surface area contributed by atoms with Crippen LogP contribution in [-0.4, -0.2) is 35.7 Å². The molecule has 2 atom stereocenters.